The monoisotopic (exact) mass is 654 g/mol. The molecule has 2 aliphatic heterocycles. The molecule has 0 radical (unpaired) electrons. The van der Waals surface area contributed by atoms with Gasteiger partial charge in [-0.1, -0.05) is 54.6 Å². The Morgan fingerprint density at radius 1 is 0.532 bits per heavy atom. The Balaban J connectivity index is 1.33. The summed E-state index contributed by atoms with van der Waals surface area (Å²) in [6.45, 7) is -1.14. The minimum atomic E-state index is -1.91. The van der Waals surface area contributed by atoms with E-state index in [0.29, 0.717) is 0 Å². The molecule has 3 aromatic carbocycles. The Morgan fingerprint density at radius 3 is 1.51 bits per heavy atom. The van der Waals surface area contributed by atoms with E-state index in [4.69, 9.17) is 28.4 Å². The van der Waals surface area contributed by atoms with E-state index in [9.17, 15) is 39.9 Å². The first-order valence-corrected chi connectivity index (χ1v) is 14.7. The lowest BCUT2D eigenvalue weighted by Crippen LogP contribution is -2.65. The topological polar surface area (TPSA) is 208 Å². The van der Waals surface area contributed by atoms with Gasteiger partial charge < -0.3 is 54.0 Å². The van der Waals surface area contributed by atoms with Crippen molar-refractivity contribution in [2.45, 2.75) is 61.4 Å². The summed E-state index contributed by atoms with van der Waals surface area (Å²) in [5.41, 5.74) is 0.531. The first kappa shape index (κ1) is 34.1. The fraction of sp³-hybridized carbons (Fsp3) is 0.364. The largest absolute Gasteiger partial charge is 0.459 e. The number of rotatable bonds is 10. The van der Waals surface area contributed by atoms with Crippen molar-refractivity contribution in [2.24, 2.45) is 0 Å². The summed E-state index contributed by atoms with van der Waals surface area (Å²) in [5.74, 6) is -2.41. The van der Waals surface area contributed by atoms with Crippen molar-refractivity contribution in [1.29, 1.82) is 0 Å². The number of ether oxygens (including phenoxy) is 6. The van der Waals surface area contributed by atoms with Gasteiger partial charge >= 0.3 is 17.9 Å². The average molecular weight is 655 g/mol. The Labute approximate surface area is 268 Å². The second-order valence-corrected chi connectivity index (χ2v) is 10.8. The zero-order valence-corrected chi connectivity index (χ0v) is 24.8. The third-order valence-corrected chi connectivity index (χ3v) is 7.62. The average Bonchev–Trinajstić information content (AvgIpc) is 3.10. The number of esters is 3. The van der Waals surface area contributed by atoms with Crippen LogP contribution in [0.3, 0.4) is 0 Å². The highest BCUT2D eigenvalue weighted by Crippen LogP contribution is 2.31. The molecular weight excluding hydrogens is 620 g/mol. The van der Waals surface area contributed by atoms with Gasteiger partial charge in [-0.2, -0.15) is 0 Å². The van der Waals surface area contributed by atoms with Crippen molar-refractivity contribution >= 4 is 17.9 Å². The van der Waals surface area contributed by atoms with E-state index < -0.39 is 92.5 Å². The highest BCUT2D eigenvalue weighted by molar-refractivity contribution is 5.90. The van der Waals surface area contributed by atoms with Crippen molar-refractivity contribution in [3.63, 3.8) is 0 Å². The Bertz CT molecular complexity index is 1470. The van der Waals surface area contributed by atoms with Gasteiger partial charge in [0.05, 0.1) is 16.7 Å². The van der Waals surface area contributed by atoms with Gasteiger partial charge in [0.15, 0.2) is 18.7 Å². The van der Waals surface area contributed by atoms with Crippen molar-refractivity contribution in [2.75, 3.05) is 13.2 Å². The summed E-state index contributed by atoms with van der Waals surface area (Å²) in [6, 6.07) is 23.7. The van der Waals surface area contributed by atoms with E-state index in [1.54, 1.807) is 54.6 Å². The summed E-state index contributed by atoms with van der Waals surface area (Å²) < 4.78 is 33.0. The lowest BCUT2D eigenvalue weighted by atomic mass is 9.96. The Morgan fingerprint density at radius 2 is 1.00 bits per heavy atom. The van der Waals surface area contributed by atoms with Gasteiger partial charge in [0, 0.05) is 0 Å². The zero-order chi connectivity index (χ0) is 33.5. The van der Waals surface area contributed by atoms with E-state index in [1.165, 1.54) is 36.4 Å². The summed E-state index contributed by atoms with van der Waals surface area (Å²) in [7, 11) is 0. The van der Waals surface area contributed by atoms with Crippen molar-refractivity contribution in [1.82, 2.24) is 0 Å². The van der Waals surface area contributed by atoms with Crippen LogP contribution in [-0.2, 0) is 28.4 Å². The fourth-order valence-electron chi connectivity index (χ4n) is 5.06. The third-order valence-electron chi connectivity index (χ3n) is 7.62. The molecule has 0 bridgehead atoms. The molecule has 2 saturated heterocycles. The maximum Gasteiger partial charge on any atom is 0.338 e. The summed E-state index contributed by atoms with van der Waals surface area (Å²) in [4.78, 5) is 37.9. The molecule has 2 aliphatic rings. The number of carbonyl (C=O) groups is 3. The van der Waals surface area contributed by atoms with Gasteiger partial charge in [-0.25, -0.2) is 14.4 Å². The SMILES string of the molecule is O=C(OC[C@H]1O[C@@H](O[C@H]2[C@H](O)[C@@H](OC(=O)c3ccccc3)[C@H](O)O[C@@H]2COC(=O)c2ccccc2)[C@H](O)[C@@H](O)[C@H]1O)c1ccccc1. The summed E-state index contributed by atoms with van der Waals surface area (Å²) >= 11 is 0. The number of benzene rings is 3. The van der Waals surface area contributed by atoms with Crippen LogP contribution < -0.4 is 0 Å². The second-order valence-electron chi connectivity index (χ2n) is 10.8. The minimum absolute atomic E-state index is 0.110. The number of aliphatic hydroxyl groups is 5. The predicted molar refractivity (Wildman–Crippen MR) is 158 cm³/mol. The molecule has 5 rings (SSSR count). The van der Waals surface area contributed by atoms with Crippen molar-refractivity contribution in [3.05, 3.63) is 108 Å². The first-order valence-electron chi connectivity index (χ1n) is 14.7. The van der Waals surface area contributed by atoms with E-state index in [-0.39, 0.29) is 16.7 Å². The first-order chi connectivity index (χ1) is 22.6. The Hall–Kier alpha value is -4.25. The van der Waals surface area contributed by atoms with Crippen molar-refractivity contribution < 1.29 is 68.3 Å². The van der Waals surface area contributed by atoms with Gasteiger partial charge in [-0.05, 0) is 36.4 Å². The molecule has 0 spiro atoms. The molecule has 250 valence electrons. The molecule has 0 aliphatic carbocycles. The van der Waals surface area contributed by atoms with Gasteiger partial charge in [0.1, 0.15) is 55.9 Å². The van der Waals surface area contributed by atoms with Crippen LogP contribution in [0.5, 0.6) is 0 Å². The number of hydrogen-bond acceptors (Lipinski definition) is 14. The van der Waals surface area contributed by atoms with E-state index in [1.807, 2.05) is 0 Å². The molecule has 10 atom stereocenters. The van der Waals surface area contributed by atoms with E-state index >= 15 is 0 Å². The minimum Gasteiger partial charge on any atom is -0.459 e. The van der Waals surface area contributed by atoms with Crippen LogP contribution in [0.1, 0.15) is 31.1 Å². The molecule has 47 heavy (non-hydrogen) atoms. The third kappa shape index (κ3) is 8.19. The molecule has 5 N–H and O–H groups in total. The molecule has 2 heterocycles. The molecule has 3 aromatic rings. The second kappa shape index (κ2) is 15.6. The fourth-order valence-corrected chi connectivity index (χ4v) is 5.06. The molecule has 0 amide bonds. The maximum atomic E-state index is 12.8. The van der Waals surface area contributed by atoms with Gasteiger partial charge in [0.2, 0.25) is 0 Å². The lowest BCUT2D eigenvalue weighted by Gasteiger charge is -2.46. The molecular formula is C33H34O14. The molecule has 0 unspecified atom stereocenters. The van der Waals surface area contributed by atoms with Crippen LogP contribution in [-0.4, -0.2) is 118 Å². The van der Waals surface area contributed by atoms with Crippen LogP contribution in [0.2, 0.25) is 0 Å². The van der Waals surface area contributed by atoms with Crippen LogP contribution in [0, 0.1) is 0 Å². The van der Waals surface area contributed by atoms with E-state index in [0.717, 1.165) is 0 Å². The van der Waals surface area contributed by atoms with Crippen LogP contribution in [0.25, 0.3) is 0 Å². The molecule has 0 saturated carbocycles. The molecule has 14 heteroatoms. The standard InChI is InChI=1S/C33H34O14/c34-23-21(16-42-29(38)18-10-4-1-5-11-18)45-33(25(36)24(23)35)47-27-22(17-43-30(39)19-12-6-2-7-13-19)44-32(41)28(26(27)37)46-31(40)20-14-8-3-9-15-20/h1-15,21-28,32-37,41H,16-17H2/t21-,22-,23+,24+,25-,26+,27-,28-,32-,33+/m1/s1. The van der Waals surface area contributed by atoms with E-state index in [2.05, 4.69) is 0 Å². The maximum absolute atomic E-state index is 12.8. The van der Waals surface area contributed by atoms with Gasteiger partial charge in [-0.3, -0.25) is 0 Å². The van der Waals surface area contributed by atoms with Crippen LogP contribution >= 0.6 is 0 Å². The van der Waals surface area contributed by atoms with Crippen molar-refractivity contribution in [3.8, 4) is 0 Å². The quantitative estimate of drug-likeness (QED) is 0.146. The summed E-state index contributed by atoms with van der Waals surface area (Å²) in [5, 5.41) is 54.0. The number of hydrogen-bond donors (Lipinski definition) is 5. The normalized spacial score (nSPS) is 30.6. The molecule has 2 fully saturated rings. The van der Waals surface area contributed by atoms with Gasteiger partial charge in [-0.15, -0.1) is 0 Å². The predicted octanol–water partition coefficient (Wildman–Crippen LogP) is 0.197. The smallest absolute Gasteiger partial charge is 0.338 e. The summed E-state index contributed by atoms with van der Waals surface area (Å²) in [6.07, 6.45) is -17.2. The van der Waals surface area contributed by atoms with Gasteiger partial charge in [0.25, 0.3) is 0 Å². The Kier molecular flexibility index (Phi) is 11.3. The lowest BCUT2D eigenvalue weighted by molar-refractivity contribution is -0.354. The molecule has 0 aromatic heterocycles. The number of aliphatic hydroxyl groups excluding tert-OH is 5. The zero-order valence-electron chi connectivity index (χ0n) is 24.8. The number of carbonyl (C=O) groups excluding carboxylic acids is 3. The highest BCUT2D eigenvalue weighted by atomic mass is 16.7. The van der Waals surface area contributed by atoms with Crippen LogP contribution in [0.4, 0.5) is 0 Å². The molecule has 14 nitrogen and oxygen atoms in total. The highest BCUT2D eigenvalue weighted by Gasteiger charge is 2.52. The van der Waals surface area contributed by atoms with Crippen LogP contribution in [0.15, 0.2) is 91.0 Å².